The van der Waals surface area contributed by atoms with Gasteiger partial charge in [-0.05, 0) is 24.3 Å². The van der Waals surface area contributed by atoms with Gasteiger partial charge in [-0.15, -0.1) is 0 Å². The molecular formula is C12H9NaO5S2. The first-order valence-electron chi connectivity index (χ1n) is 5.18. The van der Waals surface area contributed by atoms with E-state index in [9.17, 15) is 21.4 Å². The molecule has 0 aliphatic carbocycles. The number of rotatable bonds is 3. The summed E-state index contributed by atoms with van der Waals surface area (Å²) in [7, 11) is -8.89. The number of sulfone groups is 1. The van der Waals surface area contributed by atoms with Crippen LogP contribution in [0, 0.1) is 0 Å². The Hall–Kier alpha value is -0.700. The van der Waals surface area contributed by atoms with Gasteiger partial charge in [0.05, 0.1) is 14.7 Å². The number of hydrogen-bond acceptors (Lipinski definition) is 5. The Labute approximate surface area is 139 Å². The third-order valence-corrected chi connectivity index (χ3v) is 5.31. The number of hydrogen-bond donors (Lipinski definition) is 0. The molecule has 0 fully saturated rings. The standard InChI is InChI=1S/C12H10O5S2.Na/c13-18(14,10-6-2-1-3-7-10)11-8-4-5-9-12(11)19(15,16)17;/h1-9H,(H,15,16,17);/q;+1/p-1. The Balaban J connectivity index is 0.00000200. The van der Waals surface area contributed by atoms with Gasteiger partial charge in [0, 0.05) is 0 Å². The van der Waals surface area contributed by atoms with Crippen LogP contribution in [0.15, 0.2) is 69.3 Å². The summed E-state index contributed by atoms with van der Waals surface area (Å²) in [5, 5.41) is 0. The van der Waals surface area contributed by atoms with Gasteiger partial charge in [0.15, 0.2) is 0 Å². The summed E-state index contributed by atoms with van der Waals surface area (Å²) in [5.74, 6) is 0. The molecule has 0 aliphatic rings. The van der Waals surface area contributed by atoms with Gasteiger partial charge in [-0.1, -0.05) is 30.3 Å². The van der Waals surface area contributed by atoms with Gasteiger partial charge in [-0.3, -0.25) is 0 Å². The SMILES string of the molecule is O=S(=O)([O-])c1ccccc1S(=O)(=O)c1ccccc1.[Na+]. The Kier molecular flexibility index (Phi) is 5.54. The molecule has 0 unspecified atom stereocenters. The van der Waals surface area contributed by atoms with Crippen molar-refractivity contribution < 1.29 is 50.9 Å². The van der Waals surface area contributed by atoms with Crippen LogP contribution in [0.3, 0.4) is 0 Å². The van der Waals surface area contributed by atoms with Crippen molar-refractivity contribution in [1.29, 1.82) is 0 Å². The summed E-state index contributed by atoms with van der Waals surface area (Å²) in [5.41, 5.74) is 0. The van der Waals surface area contributed by atoms with Gasteiger partial charge in [0.1, 0.15) is 10.1 Å². The van der Waals surface area contributed by atoms with Crippen LogP contribution in [0.2, 0.25) is 0 Å². The van der Waals surface area contributed by atoms with Crippen molar-refractivity contribution in [3.8, 4) is 0 Å². The fraction of sp³-hybridized carbons (Fsp3) is 0. The van der Waals surface area contributed by atoms with E-state index >= 15 is 0 Å². The van der Waals surface area contributed by atoms with E-state index in [4.69, 9.17) is 0 Å². The zero-order valence-electron chi connectivity index (χ0n) is 10.6. The van der Waals surface area contributed by atoms with Crippen LogP contribution in [0.25, 0.3) is 0 Å². The molecule has 0 bridgehead atoms. The van der Waals surface area contributed by atoms with E-state index in [0.29, 0.717) is 0 Å². The van der Waals surface area contributed by atoms with Crippen LogP contribution in [-0.4, -0.2) is 21.4 Å². The molecule has 2 aromatic carbocycles. The van der Waals surface area contributed by atoms with E-state index in [1.807, 2.05) is 0 Å². The van der Waals surface area contributed by atoms with Gasteiger partial charge in [-0.2, -0.15) is 0 Å². The van der Waals surface area contributed by atoms with Gasteiger partial charge in [-0.25, -0.2) is 16.8 Å². The average Bonchev–Trinajstić information content (AvgIpc) is 2.39. The van der Waals surface area contributed by atoms with Crippen molar-refractivity contribution in [2.24, 2.45) is 0 Å². The fourth-order valence-electron chi connectivity index (χ4n) is 1.61. The van der Waals surface area contributed by atoms with E-state index in [1.165, 1.54) is 36.4 Å². The van der Waals surface area contributed by atoms with Crippen LogP contribution in [0.4, 0.5) is 0 Å². The molecule has 2 rings (SSSR count). The maximum atomic E-state index is 12.3. The van der Waals surface area contributed by atoms with E-state index in [1.54, 1.807) is 6.07 Å². The monoisotopic (exact) mass is 320 g/mol. The Bertz CT molecular complexity index is 799. The van der Waals surface area contributed by atoms with Crippen molar-refractivity contribution in [2.75, 3.05) is 0 Å². The smallest absolute Gasteiger partial charge is 0.744 e. The van der Waals surface area contributed by atoms with Gasteiger partial charge < -0.3 is 4.55 Å². The maximum Gasteiger partial charge on any atom is 1.00 e. The second-order valence-electron chi connectivity index (χ2n) is 3.72. The van der Waals surface area contributed by atoms with Crippen molar-refractivity contribution >= 4 is 20.0 Å². The molecule has 0 spiro atoms. The average molecular weight is 320 g/mol. The van der Waals surface area contributed by atoms with Crippen molar-refractivity contribution in [3.05, 3.63) is 54.6 Å². The molecule has 0 heterocycles. The molecule has 0 saturated heterocycles. The second-order valence-corrected chi connectivity index (χ2v) is 6.98. The third kappa shape index (κ3) is 3.49. The predicted molar refractivity (Wildman–Crippen MR) is 66.3 cm³/mol. The summed E-state index contributed by atoms with van der Waals surface area (Å²) >= 11 is 0. The van der Waals surface area contributed by atoms with E-state index < -0.39 is 29.7 Å². The van der Waals surface area contributed by atoms with Gasteiger partial charge in [0.2, 0.25) is 9.84 Å². The maximum absolute atomic E-state index is 12.3. The van der Waals surface area contributed by atoms with Gasteiger partial charge in [0.25, 0.3) is 0 Å². The molecule has 0 aliphatic heterocycles. The number of benzene rings is 2. The third-order valence-electron chi connectivity index (χ3n) is 2.46. The molecule has 2 aromatic rings. The minimum absolute atomic E-state index is 0. The molecule has 5 nitrogen and oxygen atoms in total. The van der Waals surface area contributed by atoms with Crippen LogP contribution in [-0.2, 0) is 20.0 Å². The first-order chi connectivity index (χ1) is 8.83. The Morgan fingerprint density at radius 2 is 1.15 bits per heavy atom. The first-order valence-corrected chi connectivity index (χ1v) is 8.08. The zero-order chi connectivity index (χ0) is 14.1. The van der Waals surface area contributed by atoms with Crippen molar-refractivity contribution in [2.45, 2.75) is 14.7 Å². The molecule has 0 radical (unpaired) electrons. The quantitative estimate of drug-likeness (QED) is 0.503. The van der Waals surface area contributed by atoms with E-state index in [2.05, 4.69) is 0 Å². The Morgan fingerprint density at radius 3 is 1.65 bits per heavy atom. The normalized spacial score (nSPS) is 11.7. The molecule has 20 heavy (non-hydrogen) atoms. The van der Waals surface area contributed by atoms with Crippen molar-refractivity contribution in [1.82, 2.24) is 0 Å². The summed E-state index contributed by atoms with van der Waals surface area (Å²) in [6.07, 6.45) is 0. The fourth-order valence-corrected chi connectivity index (χ4v) is 4.16. The molecule has 0 amide bonds. The van der Waals surface area contributed by atoms with Crippen molar-refractivity contribution in [3.63, 3.8) is 0 Å². The second kappa shape index (κ2) is 6.38. The summed E-state index contributed by atoms with van der Waals surface area (Å²) < 4.78 is 57.9. The molecule has 0 N–H and O–H groups in total. The summed E-state index contributed by atoms with van der Waals surface area (Å²) in [4.78, 5) is -1.30. The predicted octanol–water partition coefficient (Wildman–Crippen LogP) is -1.57. The molecule has 0 atom stereocenters. The van der Waals surface area contributed by atoms with Crippen LogP contribution < -0.4 is 29.6 Å². The topological polar surface area (TPSA) is 91.3 Å². The largest absolute Gasteiger partial charge is 1.00 e. The Morgan fingerprint density at radius 1 is 0.700 bits per heavy atom. The van der Waals surface area contributed by atoms with Crippen LogP contribution in [0.1, 0.15) is 0 Å². The molecular weight excluding hydrogens is 311 g/mol. The molecule has 8 heteroatoms. The van der Waals surface area contributed by atoms with Gasteiger partial charge >= 0.3 is 29.6 Å². The molecule has 100 valence electrons. The molecule has 0 saturated carbocycles. The van der Waals surface area contributed by atoms with E-state index in [0.717, 1.165) is 12.1 Å². The summed E-state index contributed by atoms with van der Waals surface area (Å²) in [6, 6.07) is 12.1. The molecule has 0 aromatic heterocycles. The summed E-state index contributed by atoms with van der Waals surface area (Å²) in [6.45, 7) is 0. The minimum Gasteiger partial charge on any atom is -0.744 e. The zero-order valence-corrected chi connectivity index (χ0v) is 14.2. The minimum atomic E-state index is -4.85. The van der Waals surface area contributed by atoms with Crippen LogP contribution >= 0.6 is 0 Å². The van der Waals surface area contributed by atoms with E-state index in [-0.39, 0.29) is 34.5 Å². The first kappa shape index (κ1) is 17.4. The van der Waals surface area contributed by atoms with Crippen LogP contribution in [0.5, 0.6) is 0 Å².